The van der Waals surface area contributed by atoms with Gasteiger partial charge in [-0.2, -0.15) is 0 Å². The fourth-order valence-electron chi connectivity index (χ4n) is 4.61. The molecule has 1 heterocycles. The maximum Gasteiger partial charge on any atom is 0.260 e. The minimum Gasteiger partial charge on any atom is -0.497 e. The maximum absolute atomic E-state index is 13.3. The summed E-state index contributed by atoms with van der Waals surface area (Å²) < 4.78 is 24.5. The summed E-state index contributed by atoms with van der Waals surface area (Å²) in [7, 11) is 1.54. The SMILES string of the molecule is COc1ccc(C(=O)c2ccc(C)cc2)c(OCC(=O)N2C[C@H](C)N(Cc3ccc(F)cc3)C[C@H]2C)c1. The molecule has 0 radical (unpaired) electrons. The van der Waals surface area contributed by atoms with Crippen molar-refractivity contribution in [1.82, 2.24) is 9.80 Å². The van der Waals surface area contributed by atoms with E-state index >= 15 is 0 Å². The summed E-state index contributed by atoms with van der Waals surface area (Å²) in [4.78, 5) is 30.5. The molecule has 0 N–H and O–H groups in total. The highest BCUT2D eigenvalue weighted by Gasteiger charge is 2.32. The van der Waals surface area contributed by atoms with E-state index in [-0.39, 0.29) is 36.2 Å². The van der Waals surface area contributed by atoms with Gasteiger partial charge < -0.3 is 14.4 Å². The lowest BCUT2D eigenvalue weighted by Gasteiger charge is -2.44. The van der Waals surface area contributed by atoms with Gasteiger partial charge in [0, 0.05) is 43.3 Å². The summed E-state index contributed by atoms with van der Waals surface area (Å²) in [5, 5.41) is 0. The molecular formula is C30H33FN2O4. The minimum absolute atomic E-state index is 0.0216. The van der Waals surface area contributed by atoms with Crippen LogP contribution in [0.5, 0.6) is 11.5 Å². The van der Waals surface area contributed by atoms with Crippen molar-refractivity contribution in [2.75, 3.05) is 26.8 Å². The second-order valence-corrected chi connectivity index (χ2v) is 9.65. The van der Waals surface area contributed by atoms with Crippen LogP contribution >= 0.6 is 0 Å². The first-order valence-corrected chi connectivity index (χ1v) is 12.5. The quantitative estimate of drug-likeness (QED) is 0.410. The third kappa shape index (κ3) is 6.35. The highest BCUT2D eigenvalue weighted by atomic mass is 19.1. The van der Waals surface area contributed by atoms with Crippen molar-refractivity contribution in [3.63, 3.8) is 0 Å². The number of rotatable bonds is 8. The Labute approximate surface area is 217 Å². The normalized spacial score (nSPS) is 17.9. The Morgan fingerprint density at radius 3 is 2.32 bits per heavy atom. The molecule has 1 amide bonds. The van der Waals surface area contributed by atoms with Gasteiger partial charge >= 0.3 is 0 Å². The van der Waals surface area contributed by atoms with Gasteiger partial charge in [0.15, 0.2) is 12.4 Å². The number of ketones is 1. The van der Waals surface area contributed by atoms with Gasteiger partial charge in [0.1, 0.15) is 17.3 Å². The van der Waals surface area contributed by atoms with E-state index in [1.54, 1.807) is 49.6 Å². The molecule has 7 heteroatoms. The average Bonchev–Trinajstić information content (AvgIpc) is 2.90. The van der Waals surface area contributed by atoms with Crippen LogP contribution in [0, 0.1) is 12.7 Å². The Morgan fingerprint density at radius 1 is 0.946 bits per heavy atom. The Morgan fingerprint density at radius 2 is 1.65 bits per heavy atom. The number of hydrogen-bond donors (Lipinski definition) is 0. The van der Waals surface area contributed by atoms with Crippen LogP contribution < -0.4 is 9.47 Å². The zero-order valence-electron chi connectivity index (χ0n) is 21.7. The smallest absolute Gasteiger partial charge is 0.260 e. The monoisotopic (exact) mass is 504 g/mol. The Balaban J connectivity index is 1.43. The van der Waals surface area contributed by atoms with Gasteiger partial charge in [-0.1, -0.05) is 42.0 Å². The number of halogens is 1. The minimum atomic E-state index is -0.250. The highest BCUT2D eigenvalue weighted by Crippen LogP contribution is 2.28. The number of hydrogen-bond acceptors (Lipinski definition) is 5. The van der Waals surface area contributed by atoms with Crippen LogP contribution in [0.3, 0.4) is 0 Å². The van der Waals surface area contributed by atoms with Crippen LogP contribution in [0.4, 0.5) is 4.39 Å². The van der Waals surface area contributed by atoms with E-state index in [9.17, 15) is 14.0 Å². The Hall–Kier alpha value is -3.71. The number of methoxy groups -OCH3 is 1. The van der Waals surface area contributed by atoms with Gasteiger partial charge in [-0.3, -0.25) is 14.5 Å². The number of piperazine rings is 1. The van der Waals surface area contributed by atoms with Crippen molar-refractivity contribution >= 4 is 11.7 Å². The number of amides is 1. The molecule has 1 saturated heterocycles. The van der Waals surface area contributed by atoms with Crippen molar-refractivity contribution in [3.8, 4) is 11.5 Å². The van der Waals surface area contributed by atoms with Gasteiger partial charge in [-0.05, 0) is 50.6 Å². The summed E-state index contributed by atoms with van der Waals surface area (Å²) in [6.07, 6.45) is 0. The summed E-state index contributed by atoms with van der Waals surface area (Å²) in [5.74, 6) is 0.285. The lowest BCUT2D eigenvalue weighted by molar-refractivity contribution is -0.139. The van der Waals surface area contributed by atoms with Crippen molar-refractivity contribution < 1.29 is 23.5 Å². The first-order valence-electron chi connectivity index (χ1n) is 12.5. The average molecular weight is 505 g/mol. The molecule has 3 aromatic carbocycles. The summed E-state index contributed by atoms with van der Waals surface area (Å²) >= 11 is 0. The lowest BCUT2D eigenvalue weighted by Crippen LogP contribution is -2.58. The molecule has 0 bridgehead atoms. The summed E-state index contributed by atoms with van der Waals surface area (Å²) in [6.45, 7) is 7.82. The summed E-state index contributed by atoms with van der Waals surface area (Å²) in [6, 6.07) is 19.0. The molecule has 6 nitrogen and oxygen atoms in total. The molecule has 37 heavy (non-hydrogen) atoms. The van der Waals surface area contributed by atoms with E-state index in [0.717, 1.165) is 11.1 Å². The van der Waals surface area contributed by atoms with Crippen LogP contribution in [0.25, 0.3) is 0 Å². The predicted octanol–water partition coefficient (Wildman–Crippen LogP) is 4.87. The number of ether oxygens (including phenoxy) is 2. The Bertz CT molecular complexity index is 1240. The molecule has 0 aliphatic carbocycles. The van der Waals surface area contributed by atoms with Crippen LogP contribution in [-0.2, 0) is 11.3 Å². The molecule has 194 valence electrons. The molecular weight excluding hydrogens is 471 g/mol. The molecule has 1 aliphatic heterocycles. The zero-order chi connectivity index (χ0) is 26.5. The number of carbonyl (C=O) groups excluding carboxylic acids is 2. The number of benzene rings is 3. The van der Waals surface area contributed by atoms with Crippen molar-refractivity contribution in [2.24, 2.45) is 0 Å². The van der Waals surface area contributed by atoms with E-state index in [0.29, 0.717) is 42.3 Å². The molecule has 2 atom stereocenters. The topological polar surface area (TPSA) is 59.1 Å². The third-order valence-electron chi connectivity index (χ3n) is 6.83. The summed E-state index contributed by atoms with van der Waals surface area (Å²) in [5.41, 5.74) is 3.02. The van der Waals surface area contributed by atoms with Crippen LogP contribution in [0.1, 0.15) is 40.9 Å². The molecule has 0 saturated carbocycles. The fraction of sp³-hybridized carbons (Fsp3) is 0.333. The van der Waals surface area contributed by atoms with E-state index in [4.69, 9.17) is 9.47 Å². The van der Waals surface area contributed by atoms with E-state index in [1.165, 1.54) is 12.1 Å². The first kappa shape index (κ1) is 26.4. The van der Waals surface area contributed by atoms with Gasteiger partial charge in [0.2, 0.25) is 0 Å². The van der Waals surface area contributed by atoms with Gasteiger partial charge in [-0.25, -0.2) is 4.39 Å². The fourth-order valence-corrected chi connectivity index (χ4v) is 4.61. The highest BCUT2D eigenvalue weighted by molar-refractivity contribution is 6.10. The molecule has 1 aliphatic rings. The molecule has 0 aromatic heterocycles. The third-order valence-corrected chi connectivity index (χ3v) is 6.83. The molecule has 1 fully saturated rings. The second-order valence-electron chi connectivity index (χ2n) is 9.65. The Kier molecular flexibility index (Phi) is 8.24. The van der Waals surface area contributed by atoms with Crippen molar-refractivity contribution in [1.29, 1.82) is 0 Å². The van der Waals surface area contributed by atoms with Crippen molar-refractivity contribution in [2.45, 2.75) is 39.4 Å². The van der Waals surface area contributed by atoms with E-state index in [1.807, 2.05) is 30.9 Å². The van der Waals surface area contributed by atoms with Gasteiger partial charge in [0.25, 0.3) is 5.91 Å². The van der Waals surface area contributed by atoms with Gasteiger partial charge in [0.05, 0.1) is 12.7 Å². The van der Waals surface area contributed by atoms with Crippen LogP contribution in [0.2, 0.25) is 0 Å². The van der Waals surface area contributed by atoms with Gasteiger partial charge in [-0.15, -0.1) is 0 Å². The zero-order valence-corrected chi connectivity index (χ0v) is 21.7. The van der Waals surface area contributed by atoms with E-state index in [2.05, 4.69) is 11.8 Å². The number of aryl methyl sites for hydroxylation is 1. The molecule has 0 unspecified atom stereocenters. The maximum atomic E-state index is 13.3. The lowest BCUT2D eigenvalue weighted by atomic mass is 10.0. The molecule has 4 rings (SSSR count). The second kappa shape index (κ2) is 11.6. The van der Waals surface area contributed by atoms with Crippen LogP contribution in [0.15, 0.2) is 66.7 Å². The van der Waals surface area contributed by atoms with E-state index < -0.39 is 0 Å². The van der Waals surface area contributed by atoms with Crippen LogP contribution in [-0.4, -0.2) is 60.4 Å². The number of nitrogens with zero attached hydrogens (tertiary/aromatic N) is 2. The molecule has 3 aromatic rings. The largest absolute Gasteiger partial charge is 0.497 e. The predicted molar refractivity (Wildman–Crippen MR) is 141 cm³/mol. The van der Waals surface area contributed by atoms with Crippen molar-refractivity contribution in [3.05, 3.63) is 94.8 Å². The standard InChI is InChI=1S/C30H33FN2O4/c1-20-5-9-24(10-6-20)30(35)27-14-13-26(36-4)15-28(27)37-19-29(34)33-17-21(2)32(16-22(33)3)18-23-7-11-25(31)12-8-23/h5-15,21-22H,16-19H2,1-4H3/t21-,22+/m0/s1. The number of carbonyl (C=O) groups is 2. The molecule has 0 spiro atoms. The first-order chi connectivity index (χ1) is 17.7.